The van der Waals surface area contributed by atoms with Crippen LogP contribution in [0.2, 0.25) is 0 Å². The third-order valence-electron chi connectivity index (χ3n) is 3.47. The molecule has 0 unspecified atom stereocenters. The van der Waals surface area contributed by atoms with Gasteiger partial charge in [-0.2, -0.15) is 0 Å². The zero-order valence-corrected chi connectivity index (χ0v) is 12.3. The minimum absolute atomic E-state index is 0.0674. The molecule has 1 saturated heterocycles. The molecule has 6 heteroatoms. The lowest BCUT2D eigenvalue weighted by Gasteiger charge is -2.36. The predicted molar refractivity (Wildman–Crippen MR) is 78.8 cm³/mol. The van der Waals surface area contributed by atoms with E-state index in [0.29, 0.717) is 19.7 Å². The number of hydrogen-bond acceptors (Lipinski definition) is 4. The standard InChI is InChI=1S/C15H21N3O3/c1-11-10-18(8-9-21-11)13(12-6-4-3-5-7-12)14(19)17-15(20)16-2/h3-7,11,13H,8-10H2,1-2H3,(H2,16,17,19,20)/t11-,13+/m0/s1. The molecule has 2 atom stereocenters. The number of rotatable bonds is 3. The van der Waals surface area contributed by atoms with Crippen molar-refractivity contribution in [3.63, 3.8) is 0 Å². The van der Waals surface area contributed by atoms with E-state index < -0.39 is 12.1 Å². The number of carbonyl (C=O) groups is 2. The van der Waals surface area contributed by atoms with Crippen LogP contribution in [0.25, 0.3) is 0 Å². The average Bonchev–Trinajstić information content (AvgIpc) is 2.48. The SMILES string of the molecule is CNC(=O)NC(=O)[C@@H](c1ccccc1)N1CCO[C@@H](C)C1. The zero-order chi connectivity index (χ0) is 15.2. The summed E-state index contributed by atoms with van der Waals surface area (Å²) in [6.07, 6.45) is 0.0674. The first kappa shape index (κ1) is 15.5. The van der Waals surface area contributed by atoms with Gasteiger partial charge in [-0.1, -0.05) is 30.3 Å². The maximum absolute atomic E-state index is 12.5. The quantitative estimate of drug-likeness (QED) is 0.868. The van der Waals surface area contributed by atoms with Crippen molar-refractivity contribution in [3.8, 4) is 0 Å². The molecule has 0 bridgehead atoms. The molecule has 0 aromatic heterocycles. The van der Waals surface area contributed by atoms with Crippen LogP contribution in [-0.2, 0) is 9.53 Å². The second-order valence-corrected chi connectivity index (χ2v) is 5.06. The Kier molecular flexibility index (Phi) is 5.30. The summed E-state index contributed by atoms with van der Waals surface area (Å²) in [5.41, 5.74) is 0.869. The largest absolute Gasteiger partial charge is 0.376 e. The minimum atomic E-state index is -0.498. The Balaban J connectivity index is 2.22. The molecule has 2 rings (SSSR count). The molecular formula is C15H21N3O3. The number of nitrogens with zero attached hydrogens (tertiary/aromatic N) is 1. The van der Waals surface area contributed by atoms with E-state index in [9.17, 15) is 9.59 Å². The van der Waals surface area contributed by atoms with E-state index in [1.54, 1.807) is 0 Å². The van der Waals surface area contributed by atoms with Gasteiger partial charge in [0.1, 0.15) is 6.04 Å². The van der Waals surface area contributed by atoms with Gasteiger partial charge < -0.3 is 10.1 Å². The highest BCUT2D eigenvalue weighted by Gasteiger charge is 2.31. The Bertz CT molecular complexity index is 492. The van der Waals surface area contributed by atoms with Crippen molar-refractivity contribution >= 4 is 11.9 Å². The van der Waals surface area contributed by atoms with Gasteiger partial charge in [0, 0.05) is 20.1 Å². The Labute approximate surface area is 124 Å². The van der Waals surface area contributed by atoms with Gasteiger partial charge in [0.15, 0.2) is 0 Å². The van der Waals surface area contributed by atoms with Crippen LogP contribution in [0.3, 0.4) is 0 Å². The third kappa shape index (κ3) is 4.03. The molecule has 3 amide bonds. The molecule has 114 valence electrons. The van der Waals surface area contributed by atoms with Crippen LogP contribution in [0, 0.1) is 0 Å². The fourth-order valence-corrected chi connectivity index (χ4v) is 2.49. The highest BCUT2D eigenvalue weighted by atomic mass is 16.5. The minimum Gasteiger partial charge on any atom is -0.376 e. The first-order chi connectivity index (χ1) is 10.1. The molecule has 1 fully saturated rings. The first-order valence-electron chi connectivity index (χ1n) is 7.05. The van der Waals surface area contributed by atoms with E-state index in [1.165, 1.54) is 7.05 Å². The molecule has 1 aromatic rings. The second kappa shape index (κ2) is 7.19. The number of hydrogen-bond donors (Lipinski definition) is 2. The summed E-state index contributed by atoms with van der Waals surface area (Å²) in [5, 5.41) is 4.77. The molecule has 0 aliphatic carbocycles. The second-order valence-electron chi connectivity index (χ2n) is 5.06. The molecule has 6 nitrogen and oxygen atoms in total. The van der Waals surface area contributed by atoms with Crippen molar-refractivity contribution in [2.45, 2.75) is 19.1 Å². The van der Waals surface area contributed by atoms with E-state index in [0.717, 1.165) is 5.56 Å². The van der Waals surface area contributed by atoms with Gasteiger partial charge in [-0.15, -0.1) is 0 Å². The average molecular weight is 291 g/mol. The summed E-state index contributed by atoms with van der Waals surface area (Å²) < 4.78 is 5.52. The van der Waals surface area contributed by atoms with E-state index in [-0.39, 0.29) is 12.0 Å². The van der Waals surface area contributed by atoms with Crippen molar-refractivity contribution in [1.29, 1.82) is 0 Å². The number of amides is 3. The van der Waals surface area contributed by atoms with Gasteiger partial charge in [-0.25, -0.2) is 4.79 Å². The molecule has 0 spiro atoms. The summed E-state index contributed by atoms with van der Waals surface area (Å²) >= 11 is 0. The monoisotopic (exact) mass is 291 g/mol. The predicted octanol–water partition coefficient (Wildman–Crippen LogP) is 0.904. The van der Waals surface area contributed by atoms with Crippen LogP contribution in [0.4, 0.5) is 4.79 Å². The zero-order valence-electron chi connectivity index (χ0n) is 12.3. The van der Waals surface area contributed by atoms with Crippen molar-refractivity contribution in [2.75, 3.05) is 26.7 Å². The van der Waals surface area contributed by atoms with Gasteiger partial charge in [-0.05, 0) is 12.5 Å². The maximum Gasteiger partial charge on any atom is 0.321 e. The fourth-order valence-electron chi connectivity index (χ4n) is 2.49. The lowest BCUT2D eigenvalue weighted by molar-refractivity contribution is -0.128. The van der Waals surface area contributed by atoms with E-state index in [4.69, 9.17) is 4.74 Å². The Morgan fingerprint density at radius 1 is 1.33 bits per heavy atom. The molecule has 0 radical (unpaired) electrons. The van der Waals surface area contributed by atoms with Crippen LogP contribution in [-0.4, -0.2) is 49.7 Å². The number of urea groups is 1. The molecule has 1 aromatic carbocycles. The van der Waals surface area contributed by atoms with Crippen LogP contribution in [0.1, 0.15) is 18.5 Å². The highest BCUT2D eigenvalue weighted by molar-refractivity contribution is 5.97. The smallest absolute Gasteiger partial charge is 0.321 e. The lowest BCUT2D eigenvalue weighted by atomic mass is 10.0. The number of ether oxygens (including phenoxy) is 1. The maximum atomic E-state index is 12.5. The van der Waals surface area contributed by atoms with Crippen LogP contribution < -0.4 is 10.6 Å². The van der Waals surface area contributed by atoms with Crippen LogP contribution in [0.15, 0.2) is 30.3 Å². The number of carbonyl (C=O) groups excluding carboxylic acids is 2. The van der Waals surface area contributed by atoms with Gasteiger partial charge in [-0.3, -0.25) is 15.0 Å². The molecule has 1 aliphatic rings. The van der Waals surface area contributed by atoms with Crippen molar-refractivity contribution < 1.29 is 14.3 Å². The number of imide groups is 1. The van der Waals surface area contributed by atoms with Crippen molar-refractivity contribution in [1.82, 2.24) is 15.5 Å². The molecular weight excluding hydrogens is 270 g/mol. The first-order valence-corrected chi connectivity index (χ1v) is 7.05. The van der Waals surface area contributed by atoms with E-state index in [2.05, 4.69) is 10.6 Å². The normalized spacial score (nSPS) is 20.6. The number of benzene rings is 1. The van der Waals surface area contributed by atoms with Crippen LogP contribution in [0.5, 0.6) is 0 Å². The van der Waals surface area contributed by atoms with E-state index >= 15 is 0 Å². The number of morpholine rings is 1. The molecule has 2 N–H and O–H groups in total. The molecule has 0 saturated carbocycles. The fraction of sp³-hybridized carbons (Fsp3) is 0.467. The van der Waals surface area contributed by atoms with Gasteiger partial charge in [0.25, 0.3) is 0 Å². The topological polar surface area (TPSA) is 70.7 Å². The molecule has 1 aliphatic heterocycles. The van der Waals surface area contributed by atoms with Gasteiger partial charge >= 0.3 is 6.03 Å². The summed E-state index contributed by atoms with van der Waals surface area (Å²) in [6, 6.07) is 8.48. The summed E-state index contributed by atoms with van der Waals surface area (Å²) in [5.74, 6) is -0.324. The van der Waals surface area contributed by atoms with E-state index in [1.807, 2.05) is 42.2 Å². The third-order valence-corrected chi connectivity index (χ3v) is 3.47. The van der Waals surface area contributed by atoms with Crippen LogP contribution >= 0.6 is 0 Å². The Morgan fingerprint density at radius 2 is 2.05 bits per heavy atom. The summed E-state index contributed by atoms with van der Waals surface area (Å²) in [7, 11) is 1.48. The summed E-state index contributed by atoms with van der Waals surface area (Å²) in [4.78, 5) is 25.9. The lowest BCUT2D eigenvalue weighted by Crippen LogP contribution is -2.50. The van der Waals surface area contributed by atoms with Crippen molar-refractivity contribution in [2.24, 2.45) is 0 Å². The number of nitrogens with one attached hydrogen (secondary N) is 2. The highest BCUT2D eigenvalue weighted by Crippen LogP contribution is 2.23. The van der Waals surface area contributed by atoms with Gasteiger partial charge in [0.05, 0.1) is 12.7 Å². The molecule has 21 heavy (non-hydrogen) atoms. The molecule has 1 heterocycles. The Hall–Kier alpha value is -1.92. The van der Waals surface area contributed by atoms with Gasteiger partial charge in [0.2, 0.25) is 5.91 Å². The summed E-state index contributed by atoms with van der Waals surface area (Å²) in [6.45, 7) is 3.87. The Morgan fingerprint density at radius 3 is 2.67 bits per heavy atom. The van der Waals surface area contributed by atoms with Crippen molar-refractivity contribution in [3.05, 3.63) is 35.9 Å².